The third-order valence-corrected chi connectivity index (χ3v) is 5.00. The van der Waals surface area contributed by atoms with Crippen LogP contribution in [0.3, 0.4) is 0 Å². The second-order valence-electron chi connectivity index (χ2n) is 7.13. The van der Waals surface area contributed by atoms with Crippen molar-refractivity contribution >= 4 is 28.9 Å². The summed E-state index contributed by atoms with van der Waals surface area (Å²) >= 11 is 0. The quantitative estimate of drug-likeness (QED) is 0.664. The molecule has 4 rings (SSSR count). The number of anilines is 4. The number of rotatable bonds is 5. The zero-order valence-electron chi connectivity index (χ0n) is 16.5. The van der Waals surface area contributed by atoms with Crippen LogP contribution in [0.1, 0.15) is 35.3 Å². The molecule has 30 heavy (non-hydrogen) atoms. The Morgan fingerprint density at radius 3 is 2.33 bits per heavy atom. The van der Waals surface area contributed by atoms with Gasteiger partial charge in [-0.15, -0.1) is 0 Å². The molecule has 0 bridgehead atoms. The van der Waals surface area contributed by atoms with Crippen molar-refractivity contribution in [3.05, 3.63) is 72.1 Å². The second kappa shape index (κ2) is 9.05. The monoisotopic (exact) mass is 398 g/mol. The first-order valence-corrected chi connectivity index (χ1v) is 9.98. The summed E-state index contributed by atoms with van der Waals surface area (Å²) in [5, 5.41) is 14.8. The van der Waals surface area contributed by atoms with Gasteiger partial charge in [0.15, 0.2) is 0 Å². The van der Waals surface area contributed by atoms with Gasteiger partial charge in [0.05, 0.1) is 11.6 Å². The number of benzene rings is 2. The summed E-state index contributed by atoms with van der Waals surface area (Å²) < 4.78 is 0. The summed E-state index contributed by atoms with van der Waals surface area (Å²) in [5.74, 6) is 0.0128. The van der Waals surface area contributed by atoms with Crippen LogP contribution in [0.4, 0.5) is 23.0 Å². The van der Waals surface area contributed by atoms with Crippen molar-refractivity contribution < 1.29 is 4.79 Å². The number of nitrogens with zero attached hydrogens (tertiary/aromatic N) is 4. The maximum Gasteiger partial charge on any atom is 0.274 e. The highest BCUT2D eigenvalue weighted by atomic mass is 16.1. The average molecular weight is 398 g/mol. The first kappa shape index (κ1) is 19.4. The first-order chi connectivity index (χ1) is 14.7. The number of piperidine rings is 1. The zero-order chi connectivity index (χ0) is 20.8. The molecule has 2 aromatic carbocycles. The fourth-order valence-corrected chi connectivity index (χ4v) is 3.41. The molecular formula is C23H22N6O. The van der Waals surface area contributed by atoms with Crippen molar-refractivity contribution in [3.8, 4) is 6.07 Å². The summed E-state index contributed by atoms with van der Waals surface area (Å²) in [5.41, 5.74) is 3.48. The van der Waals surface area contributed by atoms with Crippen molar-refractivity contribution in [2.24, 2.45) is 0 Å². The van der Waals surface area contributed by atoms with Crippen LogP contribution in [0.15, 0.2) is 60.8 Å². The molecule has 0 radical (unpaired) electrons. The standard InChI is InChI=1S/C23H22N6O/c24-16-17-4-6-19(7-5-17)27-23-25-13-12-21(28-23)22(30)26-18-8-10-20(11-9-18)29-14-2-1-3-15-29/h4-13H,1-3,14-15H2,(H,26,30)(H,25,27,28). The molecule has 0 saturated carbocycles. The molecule has 3 aromatic rings. The Hall–Kier alpha value is -3.92. The van der Waals surface area contributed by atoms with Crippen molar-refractivity contribution in [2.75, 3.05) is 28.6 Å². The van der Waals surface area contributed by atoms with Gasteiger partial charge in [0.2, 0.25) is 5.95 Å². The molecule has 0 atom stereocenters. The number of amides is 1. The minimum absolute atomic E-state index is 0.265. The Balaban J connectivity index is 1.40. The topological polar surface area (TPSA) is 93.9 Å². The van der Waals surface area contributed by atoms with Gasteiger partial charge in [0, 0.05) is 36.3 Å². The van der Waals surface area contributed by atoms with E-state index in [-0.39, 0.29) is 11.6 Å². The Morgan fingerprint density at radius 2 is 1.63 bits per heavy atom. The van der Waals surface area contributed by atoms with E-state index in [2.05, 4.69) is 31.6 Å². The number of carbonyl (C=O) groups excluding carboxylic acids is 1. The summed E-state index contributed by atoms with van der Waals surface area (Å²) in [4.78, 5) is 23.4. The Bertz CT molecular complexity index is 1050. The zero-order valence-corrected chi connectivity index (χ0v) is 16.5. The Morgan fingerprint density at radius 1 is 0.933 bits per heavy atom. The number of hydrogen-bond acceptors (Lipinski definition) is 6. The van der Waals surface area contributed by atoms with Gasteiger partial charge < -0.3 is 15.5 Å². The molecule has 1 saturated heterocycles. The highest BCUT2D eigenvalue weighted by Gasteiger charge is 2.12. The predicted octanol–water partition coefficient (Wildman–Crippen LogP) is 4.33. The van der Waals surface area contributed by atoms with E-state index in [0.717, 1.165) is 24.5 Å². The molecule has 0 unspecified atom stereocenters. The fourth-order valence-electron chi connectivity index (χ4n) is 3.41. The van der Waals surface area contributed by atoms with Crippen LogP contribution in [0, 0.1) is 11.3 Å². The van der Waals surface area contributed by atoms with Gasteiger partial charge in [0.25, 0.3) is 5.91 Å². The van der Waals surface area contributed by atoms with Crippen LogP contribution < -0.4 is 15.5 Å². The number of nitrogens with one attached hydrogen (secondary N) is 2. The van der Waals surface area contributed by atoms with E-state index >= 15 is 0 Å². The molecule has 7 heteroatoms. The Labute approximate surface area is 175 Å². The number of hydrogen-bond donors (Lipinski definition) is 2. The van der Waals surface area contributed by atoms with E-state index in [1.165, 1.54) is 31.1 Å². The normalized spacial score (nSPS) is 13.4. The first-order valence-electron chi connectivity index (χ1n) is 9.98. The lowest BCUT2D eigenvalue weighted by molar-refractivity contribution is 0.102. The SMILES string of the molecule is N#Cc1ccc(Nc2nccc(C(=O)Nc3ccc(N4CCCCC4)cc3)n2)cc1. The van der Waals surface area contributed by atoms with Crippen LogP contribution in [0.2, 0.25) is 0 Å². The van der Waals surface area contributed by atoms with E-state index in [9.17, 15) is 4.79 Å². The second-order valence-corrected chi connectivity index (χ2v) is 7.13. The molecule has 150 valence electrons. The van der Waals surface area contributed by atoms with Gasteiger partial charge in [-0.3, -0.25) is 4.79 Å². The lowest BCUT2D eigenvalue weighted by atomic mass is 10.1. The molecule has 1 aromatic heterocycles. The highest BCUT2D eigenvalue weighted by Crippen LogP contribution is 2.22. The summed E-state index contributed by atoms with van der Waals surface area (Å²) in [6.07, 6.45) is 5.29. The lowest BCUT2D eigenvalue weighted by Gasteiger charge is -2.28. The molecule has 1 amide bonds. The van der Waals surface area contributed by atoms with Crippen molar-refractivity contribution in [2.45, 2.75) is 19.3 Å². The largest absolute Gasteiger partial charge is 0.372 e. The number of nitriles is 1. The maximum atomic E-state index is 12.6. The molecule has 7 nitrogen and oxygen atoms in total. The van der Waals surface area contributed by atoms with Crippen LogP contribution in [0.5, 0.6) is 0 Å². The molecule has 0 aliphatic carbocycles. The van der Waals surface area contributed by atoms with Gasteiger partial charge >= 0.3 is 0 Å². The van der Waals surface area contributed by atoms with E-state index < -0.39 is 0 Å². The van der Waals surface area contributed by atoms with Gasteiger partial charge in [0.1, 0.15) is 5.69 Å². The van der Waals surface area contributed by atoms with Crippen molar-refractivity contribution in [1.82, 2.24) is 9.97 Å². The van der Waals surface area contributed by atoms with E-state index in [0.29, 0.717) is 11.5 Å². The van der Waals surface area contributed by atoms with Gasteiger partial charge in [-0.25, -0.2) is 9.97 Å². The minimum Gasteiger partial charge on any atom is -0.372 e. The Kier molecular flexibility index (Phi) is 5.85. The van der Waals surface area contributed by atoms with Crippen LogP contribution >= 0.6 is 0 Å². The van der Waals surface area contributed by atoms with Crippen LogP contribution in [-0.4, -0.2) is 29.0 Å². The van der Waals surface area contributed by atoms with Gasteiger partial charge in [-0.05, 0) is 73.9 Å². The van der Waals surface area contributed by atoms with Gasteiger partial charge in [-0.1, -0.05) is 0 Å². The van der Waals surface area contributed by atoms with Gasteiger partial charge in [-0.2, -0.15) is 5.26 Å². The highest BCUT2D eigenvalue weighted by molar-refractivity contribution is 6.03. The van der Waals surface area contributed by atoms with Crippen molar-refractivity contribution in [1.29, 1.82) is 5.26 Å². The number of aromatic nitrogens is 2. The van der Waals surface area contributed by atoms with E-state index in [4.69, 9.17) is 5.26 Å². The summed E-state index contributed by atoms with van der Waals surface area (Å²) in [6.45, 7) is 2.17. The molecular weight excluding hydrogens is 376 g/mol. The molecule has 1 aliphatic heterocycles. The molecule has 2 heterocycles. The third kappa shape index (κ3) is 4.73. The third-order valence-electron chi connectivity index (χ3n) is 5.00. The minimum atomic E-state index is -0.300. The van der Waals surface area contributed by atoms with E-state index in [1.54, 1.807) is 30.3 Å². The fraction of sp³-hybridized carbons (Fsp3) is 0.217. The summed E-state index contributed by atoms with van der Waals surface area (Å²) in [7, 11) is 0. The molecule has 1 fully saturated rings. The average Bonchev–Trinajstić information content (AvgIpc) is 2.81. The number of carbonyl (C=O) groups is 1. The molecule has 2 N–H and O–H groups in total. The lowest BCUT2D eigenvalue weighted by Crippen LogP contribution is -2.29. The predicted molar refractivity (Wildman–Crippen MR) is 117 cm³/mol. The van der Waals surface area contributed by atoms with Crippen molar-refractivity contribution in [3.63, 3.8) is 0 Å². The van der Waals surface area contributed by atoms with E-state index in [1.807, 2.05) is 24.3 Å². The summed E-state index contributed by atoms with van der Waals surface area (Å²) in [6, 6.07) is 18.5. The smallest absolute Gasteiger partial charge is 0.274 e. The molecule has 0 spiro atoms. The van der Waals surface area contributed by atoms with Crippen LogP contribution in [0.25, 0.3) is 0 Å². The molecule has 1 aliphatic rings. The van der Waals surface area contributed by atoms with Crippen LogP contribution in [-0.2, 0) is 0 Å². The maximum absolute atomic E-state index is 12.6.